The number of para-hydroxylation sites is 1. The Hall–Kier alpha value is -4.66. The monoisotopic (exact) mass is 547 g/mol. The SMILES string of the molecule is Cc1ccc(CN2CCOCC2)cc1NC(=O)c1ccc(Nc2nc(-c3ccccc3)c3ccccc3n2)cc1F. The number of aryl methyl sites for hydroxylation is 1. The van der Waals surface area contributed by atoms with E-state index in [1.165, 1.54) is 12.1 Å². The summed E-state index contributed by atoms with van der Waals surface area (Å²) in [5.41, 5.74) is 5.56. The molecule has 0 spiro atoms. The van der Waals surface area contributed by atoms with Crippen LogP contribution in [0.15, 0.2) is 91.0 Å². The lowest BCUT2D eigenvalue weighted by Crippen LogP contribution is -2.35. The average molecular weight is 548 g/mol. The van der Waals surface area contributed by atoms with Crippen molar-refractivity contribution in [2.75, 3.05) is 36.9 Å². The van der Waals surface area contributed by atoms with Crippen LogP contribution in [-0.4, -0.2) is 47.1 Å². The largest absolute Gasteiger partial charge is 0.379 e. The van der Waals surface area contributed by atoms with Gasteiger partial charge >= 0.3 is 0 Å². The second-order valence-corrected chi connectivity index (χ2v) is 10.1. The summed E-state index contributed by atoms with van der Waals surface area (Å²) in [6, 6.07) is 28.0. The molecule has 5 aromatic rings. The van der Waals surface area contributed by atoms with Gasteiger partial charge in [-0.15, -0.1) is 0 Å². The molecule has 206 valence electrons. The third-order valence-electron chi connectivity index (χ3n) is 7.18. The van der Waals surface area contributed by atoms with E-state index in [9.17, 15) is 4.79 Å². The summed E-state index contributed by atoms with van der Waals surface area (Å²) in [7, 11) is 0. The zero-order chi connectivity index (χ0) is 28.2. The third-order valence-corrected chi connectivity index (χ3v) is 7.18. The van der Waals surface area contributed by atoms with Crippen molar-refractivity contribution >= 4 is 34.1 Å². The summed E-state index contributed by atoms with van der Waals surface area (Å²) in [4.78, 5) is 24.8. The van der Waals surface area contributed by atoms with E-state index in [2.05, 4.69) is 26.6 Å². The van der Waals surface area contributed by atoms with Gasteiger partial charge in [-0.25, -0.2) is 14.4 Å². The number of carbonyl (C=O) groups excluding carboxylic acids is 1. The minimum absolute atomic E-state index is 0.0436. The molecule has 1 amide bonds. The molecule has 1 aliphatic heterocycles. The molecule has 7 nitrogen and oxygen atoms in total. The molecule has 1 aliphatic rings. The Morgan fingerprint density at radius 2 is 1.71 bits per heavy atom. The summed E-state index contributed by atoms with van der Waals surface area (Å²) in [5, 5.41) is 6.93. The number of hydrogen-bond donors (Lipinski definition) is 2. The second-order valence-electron chi connectivity index (χ2n) is 10.1. The molecule has 8 heteroatoms. The van der Waals surface area contributed by atoms with Gasteiger partial charge in [-0.05, 0) is 48.4 Å². The third kappa shape index (κ3) is 6.09. The maximum Gasteiger partial charge on any atom is 0.258 e. The summed E-state index contributed by atoms with van der Waals surface area (Å²) >= 11 is 0. The van der Waals surface area contributed by atoms with Gasteiger partial charge in [0.05, 0.1) is 30.0 Å². The number of hydrogen-bond acceptors (Lipinski definition) is 6. The lowest BCUT2D eigenvalue weighted by molar-refractivity contribution is 0.0342. The van der Waals surface area contributed by atoms with E-state index in [0.29, 0.717) is 17.3 Å². The van der Waals surface area contributed by atoms with E-state index in [-0.39, 0.29) is 5.56 Å². The molecule has 0 atom stereocenters. The highest BCUT2D eigenvalue weighted by molar-refractivity contribution is 6.05. The van der Waals surface area contributed by atoms with Crippen LogP contribution in [0.2, 0.25) is 0 Å². The number of halogens is 1. The van der Waals surface area contributed by atoms with Crippen molar-refractivity contribution in [2.45, 2.75) is 13.5 Å². The number of aromatic nitrogens is 2. The highest BCUT2D eigenvalue weighted by Crippen LogP contribution is 2.28. The Balaban J connectivity index is 1.20. The predicted molar refractivity (Wildman–Crippen MR) is 160 cm³/mol. The maximum absolute atomic E-state index is 15.2. The minimum Gasteiger partial charge on any atom is -0.379 e. The molecule has 6 rings (SSSR count). The van der Waals surface area contributed by atoms with Gasteiger partial charge in [-0.3, -0.25) is 9.69 Å². The van der Waals surface area contributed by atoms with Gasteiger partial charge in [-0.1, -0.05) is 60.7 Å². The normalized spacial score (nSPS) is 13.7. The number of amides is 1. The standard InChI is InChI=1S/C33H30FN5O2/c1-22-11-12-23(21-39-15-17-41-18-16-39)19-30(22)36-32(40)26-14-13-25(20-28(26)34)35-33-37-29-10-6-5-9-27(29)31(38-33)24-7-3-2-4-8-24/h2-14,19-20H,15-18,21H2,1H3,(H,36,40)(H,35,37,38). The highest BCUT2D eigenvalue weighted by atomic mass is 19.1. The fourth-order valence-corrected chi connectivity index (χ4v) is 4.96. The van der Waals surface area contributed by atoms with E-state index in [1.807, 2.05) is 73.7 Å². The summed E-state index contributed by atoms with van der Waals surface area (Å²) in [6.07, 6.45) is 0. The smallest absolute Gasteiger partial charge is 0.258 e. The van der Waals surface area contributed by atoms with Crippen LogP contribution in [0, 0.1) is 12.7 Å². The molecule has 2 heterocycles. The fourth-order valence-electron chi connectivity index (χ4n) is 4.96. The molecule has 2 N–H and O–H groups in total. The zero-order valence-corrected chi connectivity index (χ0v) is 22.7. The number of morpholine rings is 1. The van der Waals surface area contributed by atoms with Gasteiger partial charge in [0.15, 0.2) is 0 Å². The van der Waals surface area contributed by atoms with E-state index in [1.54, 1.807) is 6.07 Å². The molecule has 41 heavy (non-hydrogen) atoms. The zero-order valence-electron chi connectivity index (χ0n) is 22.7. The maximum atomic E-state index is 15.2. The Morgan fingerprint density at radius 1 is 0.927 bits per heavy atom. The molecule has 1 saturated heterocycles. The van der Waals surface area contributed by atoms with Crippen molar-refractivity contribution in [3.8, 4) is 11.3 Å². The lowest BCUT2D eigenvalue weighted by atomic mass is 10.1. The minimum atomic E-state index is -0.640. The number of nitrogens with zero attached hydrogens (tertiary/aromatic N) is 3. The second kappa shape index (κ2) is 11.8. The van der Waals surface area contributed by atoms with Crippen molar-refractivity contribution in [1.82, 2.24) is 14.9 Å². The molecule has 4 aromatic carbocycles. The Bertz CT molecular complexity index is 1700. The number of benzene rings is 4. The first-order chi connectivity index (χ1) is 20.0. The van der Waals surface area contributed by atoms with Crippen molar-refractivity contribution in [1.29, 1.82) is 0 Å². The molecule has 0 bridgehead atoms. The number of nitrogens with one attached hydrogen (secondary N) is 2. The molecular formula is C33H30FN5O2. The molecule has 0 unspecified atom stereocenters. The molecular weight excluding hydrogens is 517 g/mol. The Kier molecular flexibility index (Phi) is 7.67. The predicted octanol–water partition coefficient (Wildman–Crippen LogP) is 6.57. The fraction of sp³-hybridized carbons (Fsp3) is 0.182. The molecule has 0 saturated carbocycles. The average Bonchev–Trinajstić information content (AvgIpc) is 2.99. The Morgan fingerprint density at radius 3 is 2.51 bits per heavy atom. The van der Waals surface area contributed by atoms with Crippen LogP contribution in [0.25, 0.3) is 22.2 Å². The van der Waals surface area contributed by atoms with E-state index < -0.39 is 11.7 Å². The van der Waals surface area contributed by atoms with Gasteiger partial charge in [0.25, 0.3) is 5.91 Å². The van der Waals surface area contributed by atoms with Gasteiger partial charge in [0, 0.05) is 42.0 Å². The Labute approximate surface area is 238 Å². The first-order valence-electron chi connectivity index (χ1n) is 13.6. The summed E-state index contributed by atoms with van der Waals surface area (Å²) < 4.78 is 20.7. The van der Waals surface area contributed by atoms with Crippen LogP contribution in [0.5, 0.6) is 0 Å². The van der Waals surface area contributed by atoms with Gasteiger partial charge in [0.1, 0.15) is 5.82 Å². The number of anilines is 3. The topological polar surface area (TPSA) is 79.4 Å². The van der Waals surface area contributed by atoms with Crippen LogP contribution in [0.3, 0.4) is 0 Å². The lowest BCUT2D eigenvalue weighted by Gasteiger charge is -2.26. The van der Waals surface area contributed by atoms with Crippen LogP contribution in [0.4, 0.5) is 21.7 Å². The van der Waals surface area contributed by atoms with Crippen molar-refractivity contribution in [3.05, 3.63) is 114 Å². The van der Waals surface area contributed by atoms with E-state index >= 15 is 4.39 Å². The molecule has 1 fully saturated rings. The quantitative estimate of drug-likeness (QED) is 0.240. The van der Waals surface area contributed by atoms with Gasteiger partial charge in [0.2, 0.25) is 5.95 Å². The van der Waals surface area contributed by atoms with Gasteiger partial charge in [-0.2, -0.15) is 0 Å². The van der Waals surface area contributed by atoms with Crippen molar-refractivity contribution in [2.24, 2.45) is 0 Å². The van der Waals surface area contributed by atoms with Crippen LogP contribution in [-0.2, 0) is 11.3 Å². The molecule has 0 aliphatic carbocycles. The van der Waals surface area contributed by atoms with Crippen LogP contribution in [0.1, 0.15) is 21.5 Å². The van der Waals surface area contributed by atoms with E-state index in [4.69, 9.17) is 9.72 Å². The first kappa shape index (κ1) is 26.6. The first-order valence-corrected chi connectivity index (χ1v) is 13.6. The van der Waals surface area contributed by atoms with Crippen LogP contribution < -0.4 is 10.6 Å². The van der Waals surface area contributed by atoms with Crippen molar-refractivity contribution < 1.29 is 13.9 Å². The summed E-state index contributed by atoms with van der Waals surface area (Å²) in [5.74, 6) is -0.806. The van der Waals surface area contributed by atoms with Crippen molar-refractivity contribution in [3.63, 3.8) is 0 Å². The number of rotatable bonds is 7. The number of ether oxygens (including phenoxy) is 1. The molecule has 0 radical (unpaired) electrons. The summed E-state index contributed by atoms with van der Waals surface area (Å²) in [6.45, 7) is 5.88. The van der Waals surface area contributed by atoms with E-state index in [0.717, 1.165) is 66.1 Å². The number of carbonyl (C=O) groups is 1. The number of fused-ring (bicyclic) bond motifs is 1. The molecule has 1 aromatic heterocycles. The van der Waals surface area contributed by atoms with Gasteiger partial charge < -0.3 is 15.4 Å². The highest BCUT2D eigenvalue weighted by Gasteiger charge is 2.16. The van der Waals surface area contributed by atoms with Crippen LogP contribution >= 0.6 is 0 Å².